The third-order valence-electron chi connectivity index (χ3n) is 2.61. The Kier molecular flexibility index (Phi) is 3.69. The molecule has 1 amide bonds. The Morgan fingerprint density at radius 3 is 2.50 bits per heavy atom. The minimum absolute atomic E-state index is 0.206. The van der Waals surface area contributed by atoms with E-state index in [-0.39, 0.29) is 5.91 Å². The van der Waals surface area contributed by atoms with E-state index in [0.29, 0.717) is 28.1 Å². The van der Waals surface area contributed by atoms with Crippen LogP contribution < -0.4 is 10.6 Å². The zero-order chi connectivity index (χ0) is 11.5. The molecule has 0 aromatic heterocycles. The smallest absolute Gasteiger partial charge is 0.254 e. The molecule has 16 heavy (non-hydrogen) atoms. The first-order valence-corrected chi connectivity index (χ1v) is 5.87. The highest BCUT2D eigenvalue weighted by molar-refractivity contribution is 6.39. The first-order chi connectivity index (χ1) is 7.68. The molecule has 1 heterocycles. The van der Waals surface area contributed by atoms with E-state index in [4.69, 9.17) is 23.2 Å². The standard InChI is InChI=1S/C11H12Cl2N2O/c12-8-2-1-3-9(13)10(8)11(16)15-6-7-4-14-5-7/h1-3,7,14H,4-6H2,(H,15,16). The molecule has 1 aliphatic heterocycles. The van der Waals surface area contributed by atoms with Crippen molar-refractivity contribution >= 4 is 29.1 Å². The number of carbonyl (C=O) groups is 1. The van der Waals surface area contributed by atoms with Gasteiger partial charge in [0.05, 0.1) is 15.6 Å². The third-order valence-corrected chi connectivity index (χ3v) is 3.24. The SMILES string of the molecule is O=C(NCC1CNC1)c1c(Cl)cccc1Cl. The van der Waals surface area contributed by atoms with Crippen LogP contribution in [0.25, 0.3) is 0 Å². The minimum Gasteiger partial charge on any atom is -0.352 e. The fourth-order valence-electron chi connectivity index (χ4n) is 1.53. The molecule has 86 valence electrons. The number of rotatable bonds is 3. The van der Waals surface area contributed by atoms with Gasteiger partial charge in [0.15, 0.2) is 0 Å². The van der Waals surface area contributed by atoms with Gasteiger partial charge in [0.25, 0.3) is 5.91 Å². The Morgan fingerprint density at radius 2 is 2.00 bits per heavy atom. The summed E-state index contributed by atoms with van der Waals surface area (Å²) in [5.74, 6) is 0.313. The first-order valence-electron chi connectivity index (χ1n) is 5.11. The molecule has 0 bridgehead atoms. The minimum atomic E-state index is -0.206. The van der Waals surface area contributed by atoms with Crippen molar-refractivity contribution in [2.45, 2.75) is 0 Å². The maximum atomic E-state index is 11.8. The lowest BCUT2D eigenvalue weighted by atomic mass is 10.0. The second kappa shape index (κ2) is 5.04. The molecule has 5 heteroatoms. The summed E-state index contributed by atoms with van der Waals surface area (Å²) >= 11 is 11.9. The van der Waals surface area contributed by atoms with Crippen LogP contribution in [0.4, 0.5) is 0 Å². The zero-order valence-electron chi connectivity index (χ0n) is 8.59. The Morgan fingerprint density at radius 1 is 1.38 bits per heavy atom. The molecule has 1 fully saturated rings. The summed E-state index contributed by atoms with van der Waals surface area (Å²) in [6.45, 7) is 2.57. The molecular formula is C11H12Cl2N2O. The van der Waals surface area contributed by atoms with E-state index in [9.17, 15) is 4.79 Å². The normalized spacial score (nSPS) is 15.6. The van der Waals surface area contributed by atoms with Gasteiger partial charge in [-0.15, -0.1) is 0 Å². The second-order valence-electron chi connectivity index (χ2n) is 3.83. The van der Waals surface area contributed by atoms with Gasteiger partial charge in [-0.1, -0.05) is 29.3 Å². The van der Waals surface area contributed by atoms with Gasteiger partial charge >= 0.3 is 0 Å². The van der Waals surface area contributed by atoms with Gasteiger partial charge in [-0.05, 0) is 12.1 Å². The van der Waals surface area contributed by atoms with Gasteiger partial charge in [0, 0.05) is 25.6 Å². The van der Waals surface area contributed by atoms with Crippen LogP contribution in [0.2, 0.25) is 10.0 Å². The summed E-state index contributed by atoms with van der Waals surface area (Å²) in [6, 6.07) is 5.04. The van der Waals surface area contributed by atoms with E-state index in [2.05, 4.69) is 10.6 Å². The molecule has 0 radical (unpaired) electrons. The van der Waals surface area contributed by atoms with E-state index in [1.54, 1.807) is 18.2 Å². The van der Waals surface area contributed by atoms with Gasteiger partial charge in [-0.2, -0.15) is 0 Å². The summed E-state index contributed by atoms with van der Waals surface area (Å²) in [6.07, 6.45) is 0. The van der Waals surface area contributed by atoms with E-state index in [1.807, 2.05) is 0 Å². The molecule has 1 aromatic carbocycles. The van der Waals surface area contributed by atoms with E-state index < -0.39 is 0 Å². The number of nitrogens with one attached hydrogen (secondary N) is 2. The Balaban J connectivity index is 2.02. The topological polar surface area (TPSA) is 41.1 Å². The Bertz CT molecular complexity index is 385. The lowest BCUT2D eigenvalue weighted by Gasteiger charge is -2.27. The van der Waals surface area contributed by atoms with Crippen LogP contribution in [0.15, 0.2) is 18.2 Å². The van der Waals surface area contributed by atoms with Gasteiger partial charge in [0.1, 0.15) is 0 Å². The highest BCUT2D eigenvalue weighted by Gasteiger charge is 2.19. The van der Waals surface area contributed by atoms with Crippen molar-refractivity contribution < 1.29 is 4.79 Å². The molecule has 0 atom stereocenters. The summed E-state index contributed by atoms with van der Waals surface area (Å²) in [5.41, 5.74) is 0.359. The van der Waals surface area contributed by atoms with Crippen molar-refractivity contribution in [3.05, 3.63) is 33.8 Å². The van der Waals surface area contributed by atoms with Crippen molar-refractivity contribution in [3.8, 4) is 0 Å². The number of carbonyl (C=O) groups excluding carboxylic acids is 1. The van der Waals surface area contributed by atoms with Crippen molar-refractivity contribution in [1.82, 2.24) is 10.6 Å². The first kappa shape index (κ1) is 11.7. The van der Waals surface area contributed by atoms with E-state index in [0.717, 1.165) is 13.1 Å². The number of benzene rings is 1. The number of hydrogen-bond donors (Lipinski definition) is 2. The van der Waals surface area contributed by atoms with Crippen LogP contribution >= 0.6 is 23.2 Å². The van der Waals surface area contributed by atoms with Gasteiger partial charge < -0.3 is 10.6 Å². The van der Waals surface area contributed by atoms with Crippen LogP contribution in [0, 0.1) is 5.92 Å². The van der Waals surface area contributed by atoms with Crippen LogP contribution in [-0.2, 0) is 0 Å². The van der Waals surface area contributed by atoms with Gasteiger partial charge in [-0.3, -0.25) is 4.79 Å². The van der Waals surface area contributed by atoms with Crippen molar-refractivity contribution in [3.63, 3.8) is 0 Å². The predicted molar refractivity (Wildman–Crippen MR) is 65.2 cm³/mol. The van der Waals surface area contributed by atoms with E-state index in [1.165, 1.54) is 0 Å². The quantitative estimate of drug-likeness (QED) is 0.871. The Labute approximate surface area is 104 Å². The summed E-state index contributed by atoms with van der Waals surface area (Å²) in [7, 11) is 0. The lowest BCUT2D eigenvalue weighted by Crippen LogP contribution is -2.48. The van der Waals surface area contributed by atoms with Crippen molar-refractivity contribution in [2.75, 3.05) is 19.6 Å². The second-order valence-corrected chi connectivity index (χ2v) is 4.65. The molecule has 1 aromatic rings. The molecule has 0 saturated carbocycles. The zero-order valence-corrected chi connectivity index (χ0v) is 10.1. The molecule has 0 unspecified atom stereocenters. The maximum absolute atomic E-state index is 11.8. The van der Waals surface area contributed by atoms with Crippen LogP contribution in [0.5, 0.6) is 0 Å². The summed E-state index contributed by atoms with van der Waals surface area (Å²) in [5, 5.41) is 6.75. The van der Waals surface area contributed by atoms with Crippen LogP contribution in [-0.4, -0.2) is 25.5 Å². The van der Waals surface area contributed by atoms with Gasteiger partial charge in [0.2, 0.25) is 0 Å². The monoisotopic (exact) mass is 258 g/mol. The van der Waals surface area contributed by atoms with Gasteiger partial charge in [-0.25, -0.2) is 0 Å². The fraction of sp³-hybridized carbons (Fsp3) is 0.364. The Hall–Kier alpha value is -0.770. The number of amides is 1. The van der Waals surface area contributed by atoms with Crippen LogP contribution in [0.3, 0.4) is 0 Å². The molecule has 0 aliphatic carbocycles. The third kappa shape index (κ3) is 2.48. The molecule has 1 aliphatic rings. The largest absolute Gasteiger partial charge is 0.352 e. The van der Waals surface area contributed by atoms with Crippen molar-refractivity contribution in [1.29, 1.82) is 0 Å². The highest BCUT2D eigenvalue weighted by Crippen LogP contribution is 2.23. The van der Waals surface area contributed by atoms with Crippen LogP contribution in [0.1, 0.15) is 10.4 Å². The van der Waals surface area contributed by atoms with E-state index >= 15 is 0 Å². The highest BCUT2D eigenvalue weighted by atomic mass is 35.5. The average molecular weight is 259 g/mol. The lowest BCUT2D eigenvalue weighted by molar-refractivity contribution is 0.0942. The molecule has 1 saturated heterocycles. The summed E-state index contributed by atoms with van der Waals surface area (Å²) < 4.78 is 0. The molecule has 2 N–H and O–H groups in total. The maximum Gasteiger partial charge on any atom is 0.254 e. The predicted octanol–water partition coefficient (Wildman–Crippen LogP) is 1.94. The molecule has 0 spiro atoms. The number of halogens is 2. The molecule has 2 rings (SSSR count). The fourth-order valence-corrected chi connectivity index (χ4v) is 2.10. The number of hydrogen-bond acceptors (Lipinski definition) is 2. The van der Waals surface area contributed by atoms with Crippen molar-refractivity contribution in [2.24, 2.45) is 5.92 Å². The molecular weight excluding hydrogens is 247 g/mol. The molecule has 3 nitrogen and oxygen atoms in total. The average Bonchev–Trinajstić information content (AvgIpc) is 2.15. The summed E-state index contributed by atoms with van der Waals surface area (Å²) in [4.78, 5) is 11.8.